The molecule has 0 atom stereocenters. The van der Waals surface area contributed by atoms with Crippen LogP contribution in [0.2, 0.25) is 88.6 Å². The van der Waals surface area contributed by atoms with E-state index in [4.69, 9.17) is 80.8 Å². The second kappa shape index (κ2) is 51.3. The SMILES string of the molecule is CC(=Nc1c(Br)cc(C)cc1Br)C(CCCO[Si](C)(C)C)=Nc1c(Br)cc(C)cc1Br.CC(=Nc1c(C)cc(Br)cc1C)C(CCCO[Si](C)(C)C)=Nc1c(C)cc(Br)cc1C.CC(=Nc1c(C)cc(Br)cc1C)C(CCCO[Si](C)(C)C)=Nc1c(C)cc(Br)cc1C.CC(=Nc1c(C)cc(Cl)cc1C)C(CCCO[Si](C)(C)C)=Nc1c(C)cc(Cl)cc1C. The van der Waals surface area contributed by atoms with Crippen LogP contribution in [0.4, 0.5) is 45.5 Å². The normalized spacial score (nSPS) is 13.1. The van der Waals surface area contributed by atoms with Crippen LogP contribution in [0.15, 0.2) is 173 Å². The fourth-order valence-electron chi connectivity index (χ4n) is 13.3. The minimum Gasteiger partial charge on any atom is -0.418 e. The second-order valence-electron chi connectivity index (χ2n) is 35.8. The van der Waals surface area contributed by atoms with E-state index in [1.54, 1.807) is 0 Å². The summed E-state index contributed by atoms with van der Waals surface area (Å²) in [5.74, 6) is 0. The van der Waals surface area contributed by atoms with Crippen molar-refractivity contribution in [1.82, 2.24) is 0 Å². The van der Waals surface area contributed by atoms with Crippen molar-refractivity contribution in [2.24, 2.45) is 39.9 Å². The van der Waals surface area contributed by atoms with Crippen LogP contribution in [0.3, 0.4) is 0 Å². The average Bonchev–Trinajstić information content (AvgIpc) is 0.831. The van der Waals surface area contributed by atoms with Gasteiger partial charge in [0.15, 0.2) is 33.3 Å². The highest BCUT2D eigenvalue weighted by Gasteiger charge is 2.22. The lowest BCUT2D eigenvalue weighted by molar-refractivity contribution is 0.307. The Balaban J connectivity index is 0.000000294. The molecule has 0 saturated heterocycles. The number of aryl methyl sites for hydroxylation is 14. The number of hydrogen-bond acceptors (Lipinski definition) is 12. The van der Waals surface area contributed by atoms with Crippen LogP contribution in [-0.2, 0) is 17.7 Å². The Morgan fingerprint density at radius 1 is 0.242 bits per heavy atom. The summed E-state index contributed by atoms with van der Waals surface area (Å²) in [4.78, 5) is 40.3. The summed E-state index contributed by atoms with van der Waals surface area (Å²) in [6, 6.07) is 33.0. The predicted octanol–water partition coefficient (Wildman–Crippen LogP) is 36.5. The highest BCUT2D eigenvalue weighted by Crippen LogP contribution is 2.40. The smallest absolute Gasteiger partial charge is 0.183 e. The van der Waals surface area contributed by atoms with E-state index in [0.717, 1.165) is 282 Å². The van der Waals surface area contributed by atoms with Crippen LogP contribution < -0.4 is 0 Å². The van der Waals surface area contributed by atoms with Crippen LogP contribution in [0.1, 0.15) is 157 Å². The number of halogens is 10. The van der Waals surface area contributed by atoms with Crippen molar-refractivity contribution in [1.29, 1.82) is 0 Å². The maximum Gasteiger partial charge on any atom is 0.183 e. The number of hydrogen-bond donors (Lipinski definition) is 0. The number of rotatable bonds is 32. The maximum atomic E-state index is 6.23. The topological polar surface area (TPSA) is 136 Å². The van der Waals surface area contributed by atoms with Gasteiger partial charge in [0.25, 0.3) is 0 Å². The molecule has 0 fully saturated rings. The summed E-state index contributed by atoms with van der Waals surface area (Å²) in [6.07, 6.45) is 6.92. The zero-order valence-electron chi connectivity index (χ0n) is 78.7. The van der Waals surface area contributed by atoms with Crippen molar-refractivity contribution >= 4 is 275 Å². The summed E-state index contributed by atoms with van der Waals surface area (Å²) in [5.41, 5.74) is 31.3. The average molecular weight is 2310 g/mol. The van der Waals surface area contributed by atoms with Gasteiger partial charge in [-0.2, -0.15) is 0 Å². The van der Waals surface area contributed by atoms with Crippen molar-refractivity contribution < 1.29 is 17.7 Å². The summed E-state index contributed by atoms with van der Waals surface area (Å²) < 4.78 is 32.4. The molecule has 0 aliphatic heterocycles. The Hall–Kier alpha value is -3.75. The molecule has 12 nitrogen and oxygen atoms in total. The fraction of sp³-hybridized carbons (Fsp3) is 0.429. The van der Waals surface area contributed by atoms with E-state index in [9.17, 15) is 0 Å². The molecule has 0 aliphatic rings. The number of nitrogens with zero attached hydrogens (tertiary/aromatic N) is 8. The van der Waals surface area contributed by atoms with Gasteiger partial charge in [0, 0.05) is 72.3 Å². The van der Waals surface area contributed by atoms with Gasteiger partial charge in [-0.05, 0) is 493 Å². The summed E-state index contributed by atoms with van der Waals surface area (Å²) in [7, 11) is -6.10. The van der Waals surface area contributed by atoms with Gasteiger partial charge < -0.3 is 17.7 Å². The highest BCUT2D eigenvalue weighted by atomic mass is 79.9. The molecule has 0 amide bonds. The Kier molecular flexibility index (Phi) is 45.8. The lowest BCUT2D eigenvalue weighted by Crippen LogP contribution is -2.26. The molecule has 0 radical (unpaired) electrons. The molecule has 672 valence electrons. The van der Waals surface area contributed by atoms with E-state index in [2.05, 4.69) is 362 Å². The molecule has 0 saturated carbocycles. The molecular formula is C98H130Br8Cl2N8O4Si4. The zero-order valence-corrected chi connectivity index (χ0v) is 96.9. The molecule has 0 bridgehead atoms. The molecule has 8 aromatic carbocycles. The molecule has 8 aromatic rings. The summed E-state index contributed by atoms with van der Waals surface area (Å²) in [5, 5.41) is 1.47. The Labute approximate surface area is 825 Å². The van der Waals surface area contributed by atoms with E-state index >= 15 is 0 Å². The van der Waals surface area contributed by atoms with Gasteiger partial charge in [0.05, 0.1) is 91.2 Å². The van der Waals surface area contributed by atoms with Crippen LogP contribution in [0, 0.1) is 96.9 Å². The van der Waals surface area contributed by atoms with Gasteiger partial charge in [0.1, 0.15) is 0 Å². The largest absolute Gasteiger partial charge is 0.418 e. The first kappa shape index (κ1) is 111. The van der Waals surface area contributed by atoms with Crippen molar-refractivity contribution in [3.63, 3.8) is 0 Å². The van der Waals surface area contributed by atoms with Gasteiger partial charge in [0.2, 0.25) is 0 Å². The minimum atomic E-state index is -1.53. The lowest BCUT2D eigenvalue weighted by atomic mass is 10.1. The molecule has 0 unspecified atom stereocenters. The standard InChI is InChI=1S/2C25H34Br2N2OSi.C25H34Cl2N2OSi.C23H28Br4N2OSi/c3*1-16-12-21(26)13-17(2)24(16)28-20(5)23(10-9-11-30-31(6,7)8)29-25-18(3)14-22(27)15-19(25)4;1-14-10-17(24)22(18(25)11-14)28-16(3)21(8-7-9-30-31(4,5)6)29-23-19(26)12-15(2)13-20(23)27/h3*12-15H,9-11H2,1-8H3;10-13H,7-9H2,1-6H3. The first-order valence-electron chi connectivity index (χ1n) is 42.1. The number of benzene rings is 8. The van der Waals surface area contributed by atoms with Gasteiger partial charge in [-0.15, -0.1) is 0 Å². The molecule has 0 aliphatic carbocycles. The van der Waals surface area contributed by atoms with Crippen LogP contribution >= 0.6 is 151 Å². The fourth-order valence-corrected chi connectivity index (χ4v) is 22.9. The molecule has 0 N–H and O–H groups in total. The van der Waals surface area contributed by atoms with Gasteiger partial charge in [-0.3, -0.25) is 30.0 Å². The lowest BCUT2D eigenvalue weighted by Gasteiger charge is -2.17. The number of aliphatic imine (C=N–C) groups is 8. The van der Waals surface area contributed by atoms with Crippen LogP contribution in [0.5, 0.6) is 0 Å². The first-order valence-corrected chi connectivity index (χ1v) is 62.8. The van der Waals surface area contributed by atoms with Crippen molar-refractivity contribution in [2.75, 3.05) is 26.4 Å². The zero-order chi connectivity index (χ0) is 93.4. The van der Waals surface area contributed by atoms with E-state index < -0.39 is 33.3 Å². The molecule has 8 rings (SSSR count). The van der Waals surface area contributed by atoms with E-state index in [1.165, 1.54) is 11.1 Å². The van der Waals surface area contributed by atoms with E-state index in [0.29, 0.717) is 0 Å². The quantitative estimate of drug-likeness (QED) is 0.0236. The third kappa shape index (κ3) is 39.0. The van der Waals surface area contributed by atoms with Gasteiger partial charge in [-0.25, -0.2) is 9.98 Å². The Bertz CT molecular complexity index is 4510. The Morgan fingerprint density at radius 2 is 0.395 bits per heavy atom. The minimum absolute atomic E-state index is 0.732. The van der Waals surface area contributed by atoms with Gasteiger partial charge >= 0.3 is 0 Å². The third-order valence-corrected chi connectivity index (χ3v) is 28.2. The molecule has 124 heavy (non-hydrogen) atoms. The van der Waals surface area contributed by atoms with E-state index in [-0.39, 0.29) is 0 Å². The van der Waals surface area contributed by atoms with E-state index in [1.807, 2.05) is 65.8 Å². The van der Waals surface area contributed by atoms with Crippen LogP contribution in [0.25, 0.3) is 0 Å². The van der Waals surface area contributed by atoms with Gasteiger partial charge in [-0.1, -0.05) is 86.9 Å². The second-order valence-corrected chi connectivity index (χ2v) is 61.8. The maximum absolute atomic E-state index is 6.23. The van der Waals surface area contributed by atoms with Crippen molar-refractivity contribution in [2.45, 2.75) is 255 Å². The molecule has 0 heterocycles. The summed E-state index contributed by atoms with van der Waals surface area (Å²) >= 11 is 41.4. The highest BCUT2D eigenvalue weighted by molar-refractivity contribution is 9.12. The van der Waals surface area contributed by atoms with Crippen molar-refractivity contribution in [3.8, 4) is 0 Å². The predicted molar refractivity (Wildman–Crippen MR) is 583 cm³/mol. The Morgan fingerprint density at radius 3 is 0.581 bits per heavy atom. The van der Waals surface area contributed by atoms with Crippen molar-refractivity contribution in [3.05, 3.63) is 221 Å². The first-order chi connectivity index (χ1) is 57.5. The third-order valence-electron chi connectivity index (χ3n) is 19.2. The monoisotopic (exact) mass is 2300 g/mol. The molecule has 26 heteroatoms. The molecule has 0 aromatic heterocycles. The molecular weight excluding hydrogens is 2180 g/mol. The summed E-state index contributed by atoms with van der Waals surface area (Å²) in [6.45, 7) is 66.9. The molecule has 0 spiro atoms. The van der Waals surface area contributed by atoms with Crippen LogP contribution in [-0.4, -0.2) is 105 Å².